The number of aliphatic carboxylic acids is 1. The number of nitriles is 1. The molecule has 1 heterocycles. The van der Waals surface area contributed by atoms with E-state index in [-0.39, 0.29) is 17.8 Å². The molecule has 0 spiro atoms. The number of nitrogens with zero attached hydrogens (tertiary/aromatic N) is 3. The molecule has 1 saturated carbocycles. The van der Waals surface area contributed by atoms with Gasteiger partial charge < -0.3 is 10.0 Å². The van der Waals surface area contributed by atoms with Crippen LogP contribution in [-0.2, 0) is 4.79 Å². The minimum atomic E-state index is -0.947. The van der Waals surface area contributed by atoms with Crippen molar-refractivity contribution in [2.24, 2.45) is 5.92 Å². The highest BCUT2D eigenvalue weighted by Gasteiger charge is 2.48. The summed E-state index contributed by atoms with van der Waals surface area (Å²) in [5, 5.41) is 17.8. The topological polar surface area (TPSA) is 84.6 Å². The van der Waals surface area contributed by atoms with Crippen LogP contribution in [0, 0.1) is 17.2 Å². The zero-order valence-corrected chi connectivity index (χ0v) is 11.6. The summed E-state index contributed by atoms with van der Waals surface area (Å²) in [4.78, 5) is 26.6. The zero-order chi connectivity index (χ0) is 14.0. The van der Waals surface area contributed by atoms with E-state index in [9.17, 15) is 14.7 Å². The molecule has 19 heavy (non-hydrogen) atoms. The summed E-state index contributed by atoms with van der Waals surface area (Å²) in [6.07, 6.45) is 2.39. The molecule has 2 atom stereocenters. The number of amides is 2. The molecule has 0 radical (unpaired) electrons. The van der Waals surface area contributed by atoms with Gasteiger partial charge in [0.15, 0.2) is 0 Å². The van der Waals surface area contributed by atoms with Gasteiger partial charge in [0, 0.05) is 19.3 Å². The second kappa shape index (κ2) is 5.70. The minimum absolute atomic E-state index is 0.0156. The summed E-state index contributed by atoms with van der Waals surface area (Å²) in [6.45, 7) is 0.334. The fourth-order valence-electron chi connectivity index (χ4n) is 2.22. The number of carbonyl (C=O) groups is 2. The molecule has 0 aromatic heterocycles. The Kier molecular flexibility index (Phi) is 4.20. The first kappa shape index (κ1) is 14.0. The lowest BCUT2D eigenvalue weighted by molar-refractivity contribution is -0.141. The number of thioether (sulfide) groups is 1. The second-order valence-electron chi connectivity index (χ2n) is 4.93. The smallest absolute Gasteiger partial charge is 0.327 e. The summed E-state index contributed by atoms with van der Waals surface area (Å²) in [5.41, 5.74) is 0. The Labute approximate surface area is 116 Å². The van der Waals surface area contributed by atoms with E-state index in [0.717, 1.165) is 12.8 Å². The van der Waals surface area contributed by atoms with Crippen LogP contribution >= 0.6 is 11.8 Å². The monoisotopic (exact) mass is 283 g/mol. The molecule has 0 aromatic carbocycles. The fraction of sp³-hybridized carbons (Fsp3) is 0.750. The number of carboxylic acids is 1. The Morgan fingerprint density at radius 2 is 2.21 bits per heavy atom. The van der Waals surface area contributed by atoms with Crippen LogP contribution in [0.3, 0.4) is 0 Å². The highest BCUT2D eigenvalue weighted by molar-refractivity contribution is 8.00. The Morgan fingerprint density at radius 1 is 1.53 bits per heavy atom. The summed E-state index contributed by atoms with van der Waals surface area (Å²) in [6, 6.07) is 0.974. The molecule has 0 bridgehead atoms. The number of rotatable bonds is 4. The lowest BCUT2D eigenvalue weighted by Gasteiger charge is -2.31. The maximum Gasteiger partial charge on any atom is 0.327 e. The first-order valence-corrected chi connectivity index (χ1v) is 7.36. The summed E-state index contributed by atoms with van der Waals surface area (Å²) >= 11 is 1.56. The number of urea groups is 1. The highest BCUT2D eigenvalue weighted by Crippen LogP contribution is 2.45. The van der Waals surface area contributed by atoms with Crippen LogP contribution in [0.1, 0.15) is 19.3 Å². The van der Waals surface area contributed by atoms with Gasteiger partial charge in [-0.2, -0.15) is 5.26 Å². The van der Waals surface area contributed by atoms with Gasteiger partial charge in [-0.05, 0) is 18.8 Å². The molecule has 2 rings (SSSR count). The maximum absolute atomic E-state index is 12.4. The van der Waals surface area contributed by atoms with Gasteiger partial charge in [0.05, 0.1) is 17.9 Å². The molecule has 2 fully saturated rings. The molecule has 2 aliphatic rings. The molecule has 1 aliphatic heterocycles. The van der Waals surface area contributed by atoms with Gasteiger partial charge in [-0.1, -0.05) is 0 Å². The van der Waals surface area contributed by atoms with E-state index in [1.54, 1.807) is 18.8 Å². The SMILES string of the molecule is CN(CCC#N)C(=O)N1C(C(=O)O)CSC1C1CC1. The van der Waals surface area contributed by atoms with Crippen LogP contribution < -0.4 is 0 Å². The normalized spacial score (nSPS) is 26.0. The van der Waals surface area contributed by atoms with Crippen LogP contribution in [0.5, 0.6) is 0 Å². The quantitative estimate of drug-likeness (QED) is 0.837. The molecule has 6 nitrogen and oxygen atoms in total. The van der Waals surface area contributed by atoms with Crippen molar-refractivity contribution < 1.29 is 14.7 Å². The first-order chi connectivity index (χ1) is 9.06. The van der Waals surface area contributed by atoms with E-state index in [0.29, 0.717) is 18.2 Å². The van der Waals surface area contributed by atoms with Gasteiger partial charge in [-0.15, -0.1) is 11.8 Å². The highest BCUT2D eigenvalue weighted by atomic mass is 32.2. The van der Waals surface area contributed by atoms with Crippen molar-refractivity contribution in [3.63, 3.8) is 0 Å². The lowest BCUT2D eigenvalue weighted by atomic mass is 10.2. The number of hydrogen-bond donors (Lipinski definition) is 1. The van der Waals surface area contributed by atoms with Gasteiger partial charge in [0.2, 0.25) is 0 Å². The second-order valence-corrected chi connectivity index (χ2v) is 6.08. The number of carboxylic acid groups (broad SMARTS) is 1. The van der Waals surface area contributed by atoms with Gasteiger partial charge in [0.1, 0.15) is 6.04 Å². The van der Waals surface area contributed by atoms with Crippen molar-refractivity contribution in [2.45, 2.75) is 30.7 Å². The molecule has 2 unspecified atom stereocenters. The largest absolute Gasteiger partial charge is 0.480 e. The van der Waals surface area contributed by atoms with Crippen molar-refractivity contribution in [1.82, 2.24) is 9.80 Å². The van der Waals surface area contributed by atoms with Crippen molar-refractivity contribution >= 4 is 23.8 Å². The molecule has 2 amide bonds. The average molecular weight is 283 g/mol. The molecule has 104 valence electrons. The third-order valence-electron chi connectivity index (χ3n) is 3.45. The van der Waals surface area contributed by atoms with Crippen molar-refractivity contribution in [3.8, 4) is 6.07 Å². The van der Waals surface area contributed by atoms with Crippen LogP contribution in [0.2, 0.25) is 0 Å². The van der Waals surface area contributed by atoms with Gasteiger partial charge in [-0.25, -0.2) is 9.59 Å². The molecule has 7 heteroatoms. The molecule has 0 aromatic rings. The van der Waals surface area contributed by atoms with E-state index in [1.807, 2.05) is 6.07 Å². The Bertz CT molecular complexity index is 419. The Balaban J connectivity index is 2.09. The van der Waals surface area contributed by atoms with E-state index in [2.05, 4.69) is 0 Å². The van der Waals surface area contributed by atoms with E-state index < -0.39 is 12.0 Å². The predicted octanol–water partition coefficient (Wildman–Crippen LogP) is 1.19. The van der Waals surface area contributed by atoms with Crippen LogP contribution in [-0.4, -0.2) is 57.7 Å². The zero-order valence-electron chi connectivity index (χ0n) is 10.8. The molecular weight excluding hydrogens is 266 g/mol. The molecule has 1 N–H and O–H groups in total. The summed E-state index contributed by atoms with van der Waals surface area (Å²) in [7, 11) is 1.62. The third-order valence-corrected chi connectivity index (χ3v) is 4.91. The molecule has 1 aliphatic carbocycles. The third kappa shape index (κ3) is 2.95. The van der Waals surface area contributed by atoms with Crippen LogP contribution in [0.15, 0.2) is 0 Å². The summed E-state index contributed by atoms with van der Waals surface area (Å²) in [5.74, 6) is -0.0609. The van der Waals surface area contributed by atoms with Crippen molar-refractivity contribution in [2.75, 3.05) is 19.3 Å². The predicted molar refractivity (Wildman–Crippen MR) is 70.5 cm³/mol. The van der Waals surface area contributed by atoms with Crippen molar-refractivity contribution in [1.29, 1.82) is 5.26 Å². The van der Waals surface area contributed by atoms with Gasteiger partial charge in [0.25, 0.3) is 0 Å². The van der Waals surface area contributed by atoms with E-state index in [1.165, 1.54) is 9.80 Å². The first-order valence-electron chi connectivity index (χ1n) is 6.31. The molecule has 1 saturated heterocycles. The Hall–Kier alpha value is -1.42. The van der Waals surface area contributed by atoms with Gasteiger partial charge in [-0.3, -0.25) is 4.90 Å². The van der Waals surface area contributed by atoms with Crippen LogP contribution in [0.4, 0.5) is 4.79 Å². The van der Waals surface area contributed by atoms with Crippen LogP contribution in [0.25, 0.3) is 0 Å². The van der Waals surface area contributed by atoms with Gasteiger partial charge >= 0.3 is 12.0 Å². The standard InChI is InChI=1S/C12H17N3O3S/c1-14(6-2-5-13)12(18)15-9(11(16)17)7-19-10(15)8-3-4-8/h8-10H,2-4,6-7H2,1H3,(H,16,17). The number of hydrogen-bond acceptors (Lipinski definition) is 4. The average Bonchev–Trinajstić information content (AvgIpc) is 3.13. The lowest BCUT2D eigenvalue weighted by Crippen LogP contribution is -2.51. The fourth-order valence-corrected chi connectivity index (χ4v) is 3.84. The maximum atomic E-state index is 12.4. The summed E-state index contributed by atoms with van der Waals surface area (Å²) < 4.78 is 0. The Morgan fingerprint density at radius 3 is 2.74 bits per heavy atom. The van der Waals surface area contributed by atoms with Crippen molar-refractivity contribution in [3.05, 3.63) is 0 Å². The van der Waals surface area contributed by atoms with E-state index >= 15 is 0 Å². The minimum Gasteiger partial charge on any atom is -0.480 e. The van der Waals surface area contributed by atoms with E-state index in [4.69, 9.17) is 5.26 Å². The number of carbonyl (C=O) groups excluding carboxylic acids is 1. The molecular formula is C12H17N3O3S.